The Balaban J connectivity index is 0.000000167. The summed E-state index contributed by atoms with van der Waals surface area (Å²) >= 11 is 29.6. The van der Waals surface area contributed by atoms with Gasteiger partial charge in [-0.05, 0) is 137 Å². The van der Waals surface area contributed by atoms with Gasteiger partial charge in [0.1, 0.15) is 39.6 Å². The molecule has 3 saturated heterocycles. The summed E-state index contributed by atoms with van der Waals surface area (Å²) in [6.45, 7) is 44.6. The van der Waals surface area contributed by atoms with Crippen LogP contribution in [0.1, 0.15) is 169 Å². The van der Waals surface area contributed by atoms with Gasteiger partial charge in [-0.1, -0.05) is 53.0 Å². The maximum absolute atomic E-state index is 14.3. The monoisotopic (exact) mass is 2450 g/mol. The standard InChI is InChI=1S/C31H30ClF3N4O4.C30H30ClF3N4O4.C25H22ClF3N4O2.5HI.2V/c1-28(2)16-38(26(40)18-12-29(3,42)13-18)7-8-39(28)27(41)24-11-23-25(43-24)19(30(36-4)14-31(34,35)15-30)10-22(37-23)17-5-6-20(32)21(33)9-17;1-27(2,3)42-26(40)37-9-10-38(28(4,5)16-37)25(39)23-13-22-24(41-23)18(29(35-6)14-30(33,34)15-29)12-21(36-22)17-7-8-19(31)20(32)11-17;1-23(2)13-31-6-7-33(23)22(34)20-10-19-21(35-20)15(24(30-3)11-25(28,29)12-24)9-18(32-19)14-4-5-16(26)17(27)8-14;;;;;;;/h5-6,9-11,18,42H,7-8,12-16H2,1-3H3;7-8,11-13H,9-10,14-16H2,1-5H3;4-5,8-10,31H,6-7,11-13H2,1-2H3;5*1H;;/q;;;;;;;;+2;+3/p-5. The SMILES string of the molecule is [C-]#[N+]C1(c2cc(-c3ccc(Cl)c(F)c3)nc3cc(C(=O)N4CCN(C(=O)C5CC(C)(O)C5)CC4(C)C)oc23)CC(F)(F)C1.[C-]#[N+]C1(c2cc(-c3ccc(Cl)c(F)c3)nc3cc(C(=O)N4CCN(C(=O)OC(C)(C)C)CC4(C)C)oc23)CC(F)(F)C1.[C-]#[N+]C1(c2cc(-c3ccc(Cl)c(F)c3)nc3cc(C(=O)N4CCNCC4(C)C)oc23)CC(F)(F)C1.[I][V]([I])[I].[I][V][I]. The molecule has 0 spiro atoms. The summed E-state index contributed by atoms with van der Waals surface area (Å²) in [6.07, 6.45) is -3.90. The molecule has 0 unspecified atom stereocenters. The quantitative estimate of drug-likeness (QED) is 0.0736. The van der Waals surface area contributed by atoms with Crippen molar-refractivity contribution in [3.05, 3.63) is 192 Å². The number of nitrogens with one attached hydrogen (secondary N) is 1. The molecule has 16 rings (SSSR count). The first-order valence-corrected chi connectivity index (χ1v) is 63.1. The van der Waals surface area contributed by atoms with E-state index in [0.29, 0.717) is 65.2 Å². The molecular formula is C86H82Cl3F9I5N12O10V2. The molecule has 22 nitrogen and oxygen atoms in total. The third-order valence-corrected chi connectivity index (χ3v) is 24.1. The predicted octanol–water partition coefficient (Wildman–Crippen LogP) is 23.4. The number of alkyl halides is 6. The number of nitrogens with zero attached hydrogens (tertiary/aromatic N) is 11. The Labute approximate surface area is 807 Å². The second kappa shape index (κ2) is 38.0. The zero-order valence-corrected chi connectivity index (χ0v) is 85.5. The van der Waals surface area contributed by atoms with Gasteiger partial charge in [0.2, 0.25) is 5.91 Å². The first-order valence-electron chi connectivity index (χ1n) is 39.4. The summed E-state index contributed by atoms with van der Waals surface area (Å²) in [7, 11) is 0.628. The third kappa shape index (κ3) is 21.9. The topological polar surface area (TPSA) is 234 Å². The van der Waals surface area contributed by atoms with Gasteiger partial charge >= 0.3 is 120 Å². The Morgan fingerprint density at radius 2 is 0.827 bits per heavy atom. The van der Waals surface area contributed by atoms with Gasteiger partial charge in [-0.25, -0.2) is 79.0 Å². The van der Waals surface area contributed by atoms with E-state index in [9.17, 15) is 68.6 Å². The van der Waals surface area contributed by atoms with E-state index in [-0.39, 0.29) is 155 Å². The fourth-order valence-corrected chi connectivity index (χ4v) is 17.5. The number of ether oxygens (including phenoxy) is 1. The summed E-state index contributed by atoms with van der Waals surface area (Å²) in [5.41, 5.74) is -5.22. The Morgan fingerprint density at radius 1 is 0.520 bits per heavy atom. The van der Waals surface area contributed by atoms with Crippen LogP contribution in [0.4, 0.5) is 44.3 Å². The number of fused-ring (bicyclic) bond motifs is 3. The number of halogens is 17. The van der Waals surface area contributed by atoms with Gasteiger partial charge in [-0.3, -0.25) is 19.2 Å². The maximum atomic E-state index is 14.3. The second-order valence-electron chi connectivity index (χ2n) is 35.6. The molecule has 41 heteroatoms. The van der Waals surface area contributed by atoms with Crippen molar-refractivity contribution < 1.29 is 101 Å². The van der Waals surface area contributed by atoms with E-state index < -0.39 is 136 Å². The molecule has 0 atom stereocenters. The molecule has 5 amide bonds. The van der Waals surface area contributed by atoms with Crippen LogP contribution < -0.4 is 5.32 Å². The molecule has 3 aliphatic heterocycles. The molecular weight excluding hydrogens is 2370 g/mol. The number of aliphatic hydroxyl groups is 1. The van der Waals surface area contributed by atoms with Crippen LogP contribution in [0, 0.1) is 43.1 Å². The van der Waals surface area contributed by atoms with E-state index in [1.807, 2.05) is 41.5 Å². The minimum absolute atomic E-state index is 0.00868. The van der Waals surface area contributed by atoms with Gasteiger partial charge in [0, 0.05) is 99.7 Å². The average molecular weight is 2460 g/mol. The number of benzene rings is 3. The van der Waals surface area contributed by atoms with Gasteiger partial charge in [0.05, 0.1) is 110 Å². The zero-order chi connectivity index (χ0) is 93.4. The number of hydrogen-bond acceptors (Lipinski definition) is 14. The van der Waals surface area contributed by atoms with E-state index in [2.05, 4.69) is 135 Å². The van der Waals surface area contributed by atoms with Crippen LogP contribution in [0.5, 0.6) is 0 Å². The number of rotatable bonds is 10. The van der Waals surface area contributed by atoms with E-state index in [1.165, 1.54) is 84.9 Å². The summed E-state index contributed by atoms with van der Waals surface area (Å²) in [4.78, 5) is 98.8. The fourth-order valence-electron chi connectivity index (χ4n) is 17.2. The van der Waals surface area contributed by atoms with Gasteiger partial charge in [0.15, 0.2) is 34.0 Å². The van der Waals surface area contributed by atoms with Crippen LogP contribution in [-0.4, -0.2) is 179 Å². The second-order valence-corrected chi connectivity index (χ2v) is 84.0. The van der Waals surface area contributed by atoms with E-state index in [4.69, 9.17) is 72.5 Å². The molecule has 7 aliphatic rings. The molecule has 0 radical (unpaired) electrons. The number of piperazine rings is 3. The fraction of sp³-hybridized carbons (Fsp3) is 0.453. The normalized spacial score (nSPS) is 21.0. The Bertz CT molecular complexity index is 5950. The number of pyridine rings is 3. The summed E-state index contributed by atoms with van der Waals surface area (Å²) in [5, 5.41) is 13.0. The van der Waals surface area contributed by atoms with Crippen molar-refractivity contribution in [2.75, 3.05) is 58.9 Å². The third-order valence-electron chi connectivity index (χ3n) is 23.2. The molecule has 9 aromatic rings. The van der Waals surface area contributed by atoms with E-state index >= 15 is 0 Å². The van der Waals surface area contributed by atoms with Crippen LogP contribution in [0.2, 0.25) is 15.1 Å². The Hall–Kier alpha value is -5.67. The predicted molar refractivity (Wildman–Crippen MR) is 497 cm³/mol. The Morgan fingerprint density at radius 3 is 1.10 bits per heavy atom. The number of carbonyl (C=O) groups is 5. The molecule has 675 valence electrons. The van der Waals surface area contributed by atoms with Crippen molar-refractivity contribution in [1.29, 1.82) is 0 Å². The van der Waals surface area contributed by atoms with Gasteiger partial charge in [-0.15, -0.1) is 0 Å². The molecule has 2 N–H and O–H groups in total. The van der Waals surface area contributed by atoms with Crippen molar-refractivity contribution in [3.63, 3.8) is 0 Å². The van der Waals surface area contributed by atoms with Crippen LogP contribution >= 0.6 is 135 Å². The molecule has 4 aliphatic carbocycles. The first-order chi connectivity index (χ1) is 59.1. The van der Waals surface area contributed by atoms with Crippen molar-refractivity contribution in [3.8, 4) is 33.8 Å². The zero-order valence-electron chi connectivity index (χ0n) is 69.6. The number of aromatic nitrogens is 3. The molecule has 3 aromatic carbocycles. The minimum atomic E-state index is -3.03. The van der Waals surface area contributed by atoms with E-state index in [1.54, 1.807) is 58.3 Å². The van der Waals surface area contributed by atoms with Crippen molar-refractivity contribution in [2.45, 2.75) is 183 Å². The summed E-state index contributed by atoms with van der Waals surface area (Å²) < 4.78 is 151. The number of carbonyl (C=O) groups excluding carboxylic acids is 5. The van der Waals surface area contributed by atoms with Crippen LogP contribution in [-0.2, 0) is 40.5 Å². The van der Waals surface area contributed by atoms with Gasteiger partial charge in [-0.2, -0.15) is 0 Å². The van der Waals surface area contributed by atoms with Gasteiger partial charge < -0.3 is 67.4 Å². The summed E-state index contributed by atoms with van der Waals surface area (Å²) in [5.74, 6) is -12.9. The molecule has 127 heavy (non-hydrogen) atoms. The van der Waals surface area contributed by atoms with Crippen LogP contribution in [0.3, 0.4) is 0 Å². The van der Waals surface area contributed by atoms with Crippen molar-refractivity contribution in [1.82, 2.24) is 44.8 Å². The molecule has 6 aromatic heterocycles. The van der Waals surface area contributed by atoms with Gasteiger partial charge in [0.25, 0.3) is 52.1 Å². The number of amides is 5. The molecule has 0 bridgehead atoms. The average Bonchev–Trinajstić information content (AvgIpc) is 1.72. The molecule has 4 saturated carbocycles. The van der Waals surface area contributed by atoms with Crippen LogP contribution in [0.15, 0.2) is 104 Å². The van der Waals surface area contributed by atoms with Crippen molar-refractivity contribution >= 4 is 198 Å². The summed E-state index contributed by atoms with van der Waals surface area (Å²) in [6, 6.07) is 20.9. The number of furan rings is 3. The first kappa shape index (κ1) is 100. The Kier molecular flexibility index (Phi) is 30.0. The van der Waals surface area contributed by atoms with Crippen LogP contribution in [0.25, 0.3) is 81.6 Å². The number of hydrogen-bond donors (Lipinski definition) is 2. The van der Waals surface area contributed by atoms with E-state index in [0.717, 1.165) is 0 Å². The molecule has 7 fully saturated rings. The van der Waals surface area contributed by atoms with Crippen molar-refractivity contribution in [2.24, 2.45) is 5.92 Å². The molecule has 9 heterocycles.